The van der Waals surface area contributed by atoms with Crippen LogP contribution in [0.1, 0.15) is 59.7 Å². The van der Waals surface area contributed by atoms with Crippen molar-refractivity contribution in [3.05, 3.63) is 23.5 Å². The van der Waals surface area contributed by atoms with Gasteiger partial charge in [0.2, 0.25) is 5.91 Å². The molecule has 7 nitrogen and oxygen atoms in total. The third kappa shape index (κ3) is 5.62. The van der Waals surface area contributed by atoms with E-state index in [1.165, 1.54) is 12.3 Å². The number of hydrogen-bond donors (Lipinski definition) is 0. The Morgan fingerprint density at radius 3 is 2.44 bits per heavy atom. The van der Waals surface area contributed by atoms with Gasteiger partial charge in [0, 0.05) is 61.7 Å². The lowest BCUT2D eigenvalue weighted by molar-refractivity contribution is -0.121. The molecule has 3 rings (SSSR count). The van der Waals surface area contributed by atoms with Crippen molar-refractivity contribution in [3.8, 4) is 0 Å². The minimum Gasteiger partial charge on any atom is -0.444 e. The van der Waals surface area contributed by atoms with Gasteiger partial charge in [-0.3, -0.25) is 14.7 Å². The van der Waals surface area contributed by atoms with E-state index in [0.29, 0.717) is 31.0 Å². The fraction of sp³-hybridized carbons (Fsp3) is 0.708. The van der Waals surface area contributed by atoms with Crippen LogP contribution < -0.4 is 4.90 Å². The van der Waals surface area contributed by atoms with Crippen molar-refractivity contribution < 1.29 is 23.1 Å². The Morgan fingerprint density at radius 2 is 1.88 bits per heavy atom. The maximum absolute atomic E-state index is 14.0. The molecule has 1 aromatic rings. The van der Waals surface area contributed by atoms with Gasteiger partial charge in [0.25, 0.3) is 5.92 Å². The molecule has 2 aliphatic rings. The number of piperazine rings is 1. The van der Waals surface area contributed by atoms with E-state index >= 15 is 0 Å². The number of pyridine rings is 1. The van der Waals surface area contributed by atoms with Gasteiger partial charge in [-0.2, -0.15) is 0 Å². The van der Waals surface area contributed by atoms with E-state index in [0.717, 1.165) is 6.92 Å². The maximum Gasteiger partial charge on any atom is 0.410 e. The first-order chi connectivity index (χ1) is 15.5. The number of amides is 2. The molecule has 0 radical (unpaired) electrons. The van der Waals surface area contributed by atoms with Gasteiger partial charge in [0.15, 0.2) is 0 Å². The SMILES string of the molecule is CC1CN(CC(=O)N2CC(C)(C)c3ncc(C(C)(F)F)cc32)C(CCl)CN1C(=O)OC(C)(C)C. The van der Waals surface area contributed by atoms with Crippen LogP contribution in [0.5, 0.6) is 0 Å². The van der Waals surface area contributed by atoms with Crippen LogP contribution in [0.3, 0.4) is 0 Å². The standard InChI is InChI=1S/C24H35ClF2N4O3/c1-15-11-29(17(9-25)12-30(15)21(33)34-22(2,3)4)13-19(32)31-14-23(5,6)20-18(31)8-16(10-28-20)24(7,26)27/h8,10,15,17H,9,11-14H2,1-7H3. The second-order valence-electron chi connectivity index (χ2n) is 11.1. The summed E-state index contributed by atoms with van der Waals surface area (Å²) in [5.74, 6) is -3.03. The van der Waals surface area contributed by atoms with Crippen molar-refractivity contribution >= 4 is 29.3 Å². The smallest absolute Gasteiger partial charge is 0.410 e. The third-order valence-electron chi connectivity index (χ3n) is 6.26. The van der Waals surface area contributed by atoms with Crippen molar-refractivity contribution in [2.24, 2.45) is 0 Å². The minimum atomic E-state index is -3.05. The van der Waals surface area contributed by atoms with Crippen LogP contribution in [-0.4, -0.2) is 76.5 Å². The largest absolute Gasteiger partial charge is 0.444 e. The average molecular weight is 501 g/mol. The summed E-state index contributed by atoms with van der Waals surface area (Å²) in [6.45, 7) is 13.2. The molecule has 0 aromatic carbocycles. The van der Waals surface area contributed by atoms with Crippen LogP contribution >= 0.6 is 11.6 Å². The van der Waals surface area contributed by atoms with Crippen LogP contribution in [0.4, 0.5) is 19.3 Å². The minimum absolute atomic E-state index is 0.0617. The lowest BCUT2D eigenvalue weighted by Gasteiger charge is -2.44. The number of alkyl halides is 3. The van der Waals surface area contributed by atoms with Gasteiger partial charge in [0.05, 0.1) is 17.9 Å². The summed E-state index contributed by atoms with van der Waals surface area (Å²) in [4.78, 5) is 35.5. The second kappa shape index (κ2) is 9.22. The number of anilines is 1. The molecule has 0 N–H and O–H groups in total. The van der Waals surface area contributed by atoms with Gasteiger partial charge in [-0.15, -0.1) is 11.6 Å². The molecule has 2 unspecified atom stereocenters. The zero-order chi connectivity index (χ0) is 25.6. The zero-order valence-corrected chi connectivity index (χ0v) is 21.7. The number of nitrogens with zero attached hydrogens (tertiary/aromatic N) is 4. The van der Waals surface area contributed by atoms with Crippen LogP contribution in [0.15, 0.2) is 12.3 Å². The van der Waals surface area contributed by atoms with Gasteiger partial charge in [0.1, 0.15) is 5.60 Å². The molecule has 2 atom stereocenters. The zero-order valence-electron chi connectivity index (χ0n) is 21.0. The van der Waals surface area contributed by atoms with Crippen LogP contribution in [0.2, 0.25) is 0 Å². The van der Waals surface area contributed by atoms with E-state index in [1.807, 2.05) is 46.4 Å². The fourth-order valence-electron chi connectivity index (χ4n) is 4.48. The van der Waals surface area contributed by atoms with E-state index in [1.54, 1.807) is 9.80 Å². The Balaban J connectivity index is 1.78. The predicted molar refractivity (Wildman–Crippen MR) is 128 cm³/mol. The number of aromatic nitrogens is 1. The van der Waals surface area contributed by atoms with E-state index in [2.05, 4.69) is 4.98 Å². The number of halogens is 3. The molecule has 3 heterocycles. The molecule has 10 heteroatoms. The number of fused-ring (bicyclic) bond motifs is 1. The highest BCUT2D eigenvalue weighted by atomic mass is 35.5. The van der Waals surface area contributed by atoms with Crippen molar-refractivity contribution in [2.75, 3.05) is 37.0 Å². The fourth-order valence-corrected chi connectivity index (χ4v) is 4.77. The summed E-state index contributed by atoms with van der Waals surface area (Å²) in [6.07, 6.45) is 0.783. The van der Waals surface area contributed by atoms with Crippen molar-refractivity contribution in [1.29, 1.82) is 0 Å². The van der Waals surface area contributed by atoms with E-state index in [4.69, 9.17) is 16.3 Å². The van der Waals surface area contributed by atoms with Crippen LogP contribution in [-0.2, 0) is 20.9 Å². The topological polar surface area (TPSA) is 66.0 Å². The van der Waals surface area contributed by atoms with Crippen molar-refractivity contribution in [1.82, 2.24) is 14.8 Å². The van der Waals surface area contributed by atoms with Crippen molar-refractivity contribution in [3.63, 3.8) is 0 Å². The van der Waals surface area contributed by atoms with Crippen LogP contribution in [0, 0.1) is 0 Å². The Hall–Kier alpha value is -2.00. The van der Waals surface area contributed by atoms with E-state index in [-0.39, 0.29) is 36.0 Å². The first-order valence-electron chi connectivity index (χ1n) is 11.5. The van der Waals surface area contributed by atoms with Gasteiger partial charge in [-0.25, -0.2) is 13.6 Å². The summed E-state index contributed by atoms with van der Waals surface area (Å²) >= 11 is 6.23. The Labute approximate surface area is 205 Å². The van der Waals surface area contributed by atoms with Gasteiger partial charge < -0.3 is 14.5 Å². The summed E-state index contributed by atoms with van der Waals surface area (Å²) in [6, 6.07) is 0.946. The number of carbonyl (C=O) groups excluding carboxylic acids is 2. The number of rotatable bonds is 4. The average Bonchev–Trinajstić information content (AvgIpc) is 2.97. The summed E-state index contributed by atoms with van der Waals surface area (Å²) in [5.41, 5.74) is -0.234. The lowest BCUT2D eigenvalue weighted by atomic mass is 9.91. The number of ether oxygens (including phenoxy) is 1. The molecule has 0 spiro atoms. The molecule has 190 valence electrons. The predicted octanol–water partition coefficient (Wildman–Crippen LogP) is 4.37. The molecule has 2 aliphatic heterocycles. The first-order valence-corrected chi connectivity index (χ1v) is 12.1. The quantitative estimate of drug-likeness (QED) is 0.574. The molecule has 1 fully saturated rings. The highest BCUT2D eigenvalue weighted by Crippen LogP contribution is 2.41. The normalized spacial score (nSPS) is 23.1. The van der Waals surface area contributed by atoms with Gasteiger partial charge >= 0.3 is 6.09 Å². The summed E-state index contributed by atoms with van der Waals surface area (Å²) < 4.78 is 33.4. The number of carbonyl (C=O) groups is 2. The molecular weight excluding hydrogens is 466 g/mol. The molecule has 0 saturated carbocycles. The van der Waals surface area contributed by atoms with E-state index in [9.17, 15) is 18.4 Å². The van der Waals surface area contributed by atoms with Crippen LogP contribution in [0.25, 0.3) is 0 Å². The third-order valence-corrected chi connectivity index (χ3v) is 6.62. The lowest BCUT2D eigenvalue weighted by Crippen LogP contribution is -2.61. The highest BCUT2D eigenvalue weighted by molar-refractivity contribution is 6.18. The molecule has 1 aromatic heterocycles. The molecule has 0 bridgehead atoms. The first kappa shape index (κ1) is 26.6. The monoisotopic (exact) mass is 500 g/mol. The highest BCUT2D eigenvalue weighted by Gasteiger charge is 2.43. The summed E-state index contributed by atoms with van der Waals surface area (Å²) in [7, 11) is 0. The van der Waals surface area contributed by atoms with Gasteiger partial charge in [-0.1, -0.05) is 13.8 Å². The molecule has 34 heavy (non-hydrogen) atoms. The molecule has 0 aliphatic carbocycles. The number of hydrogen-bond acceptors (Lipinski definition) is 5. The summed E-state index contributed by atoms with van der Waals surface area (Å²) in [5, 5.41) is 0. The Morgan fingerprint density at radius 1 is 1.24 bits per heavy atom. The second-order valence-corrected chi connectivity index (χ2v) is 11.4. The molecule has 2 amide bonds. The Bertz CT molecular complexity index is 945. The maximum atomic E-state index is 14.0. The molecular formula is C24H35ClF2N4O3. The van der Waals surface area contributed by atoms with E-state index < -0.39 is 23.0 Å². The molecule has 1 saturated heterocycles. The van der Waals surface area contributed by atoms with Crippen molar-refractivity contribution in [2.45, 2.75) is 77.5 Å². The van der Waals surface area contributed by atoms with Gasteiger partial charge in [-0.05, 0) is 33.8 Å². The Kier molecular flexibility index (Phi) is 7.22.